The number of carbonyl (C=O) groups excluding carboxylic acids is 2. The highest BCUT2D eigenvalue weighted by Gasteiger charge is 2.15. The third-order valence-electron chi connectivity index (χ3n) is 2.62. The van der Waals surface area contributed by atoms with Crippen LogP contribution in [-0.2, 0) is 4.79 Å². The smallest absolute Gasteiger partial charge is 0.253 e. The van der Waals surface area contributed by atoms with E-state index < -0.39 is 12.0 Å². The summed E-state index contributed by atoms with van der Waals surface area (Å²) in [5, 5.41) is 12.4. The first-order valence-corrected chi connectivity index (χ1v) is 5.41. The van der Waals surface area contributed by atoms with Crippen LogP contribution in [-0.4, -0.2) is 34.6 Å². The highest BCUT2D eigenvalue weighted by Crippen LogP contribution is 2.17. The van der Waals surface area contributed by atoms with E-state index in [1.54, 1.807) is 6.20 Å². The van der Waals surface area contributed by atoms with Gasteiger partial charge in [0.2, 0.25) is 5.91 Å². The monoisotopic (exact) mass is 247 g/mol. The zero-order valence-electron chi connectivity index (χ0n) is 9.51. The molecule has 0 spiro atoms. The first kappa shape index (κ1) is 12.1. The molecule has 1 aromatic heterocycles. The first-order valence-electron chi connectivity index (χ1n) is 5.41. The number of H-pyrrole nitrogens is 1. The summed E-state index contributed by atoms with van der Waals surface area (Å²) in [6.45, 7) is -0.201. The van der Waals surface area contributed by atoms with Gasteiger partial charge in [0.1, 0.15) is 6.10 Å². The average molecular weight is 247 g/mol. The van der Waals surface area contributed by atoms with E-state index in [2.05, 4.69) is 10.3 Å². The molecule has 0 saturated heterocycles. The number of aromatic nitrogens is 1. The molecule has 0 bridgehead atoms. The molecule has 2 aromatic rings. The third-order valence-corrected chi connectivity index (χ3v) is 2.62. The number of primary amides is 1. The van der Waals surface area contributed by atoms with Crippen LogP contribution in [0, 0.1) is 0 Å². The van der Waals surface area contributed by atoms with Crippen LogP contribution < -0.4 is 11.1 Å². The molecule has 18 heavy (non-hydrogen) atoms. The van der Waals surface area contributed by atoms with Gasteiger partial charge in [-0.3, -0.25) is 9.59 Å². The van der Waals surface area contributed by atoms with Crippen LogP contribution in [0.2, 0.25) is 0 Å². The largest absolute Gasteiger partial charge is 0.381 e. The summed E-state index contributed by atoms with van der Waals surface area (Å²) in [6, 6.07) is 7.35. The molecule has 1 atom stereocenters. The Balaban J connectivity index is 2.12. The second kappa shape index (κ2) is 4.89. The predicted molar refractivity (Wildman–Crippen MR) is 65.8 cm³/mol. The van der Waals surface area contributed by atoms with Crippen LogP contribution in [0.15, 0.2) is 30.5 Å². The molecule has 1 aromatic carbocycles. The van der Waals surface area contributed by atoms with E-state index in [9.17, 15) is 14.7 Å². The molecule has 1 heterocycles. The zero-order valence-corrected chi connectivity index (χ0v) is 9.51. The van der Waals surface area contributed by atoms with Crippen molar-refractivity contribution in [1.29, 1.82) is 0 Å². The Morgan fingerprint density at radius 3 is 2.83 bits per heavy atom. The lowest BCUT2D eigenvalue weighted by molar-refractivity contribution is -0.125. The molecule has 0 aliphatic rings. The number of nitrogens with two attached hydrogens (primary N) is 1. The quantitative estimate of drug-likeness (QED) is 0.598. The summed E-state index contributed by atoms with van der Waals surface area (Å²) >= 11 is 0. The molecule has 6 heteroatoms. The minimum atomic E-state index is -1.38. The van der Waals surface area contributed by atoms with Gasteiger partial charge in [-0.05, 0) is 6.07 Å². The Bertz CT molecular complexity index is 591. The number of aliphatic hydroxyl groups excluding tert-OH is 1. The van der Waals surface area contributed by atoms with Crippen molar-refractivity contribution in [1.82, 2.24) is 10.3 Å². The van der Waals surface area contributed by atoms with Crippen molar-refractivity contribution in [2.45, 2.75) is 6.10 Å². The van der Waals surface area contributed by atoms with Crippen molar-refractivity contribution in [3.8, 4) is 0 Å². The van der Waals surface area contributed by atoms with Gasteiger partial charge in [0.05, 0.1) is 12.1 Å². The molecule has 0 aliphatic carbocycles. The maximum absolute atomic E-state index is 11.9. The Morgan fingerprint density at radius 2 is 2.11 bits per heavy atom. The maximum atomic E-state index is 11.9. The summed E-state index contributed by atoms with van der Waals surface area (Å²) in [5.41, 5.74) is 6.19. The second-order valence-corrected chi connectivity index (χ2v) is 3.88. The standard InChI is InChI=1S/C12H13N3O3/c13-11(17)10(16)6-15-12(18)8-5-14-9-4-2-1-3-7(8)9/h1-5,10,14,16H,6H2,(H2,13,17)(H,15,18). The van der Waals surface area contributed by atoms with Crippen LogP contribution >= 0.6 is 0 Å². The number of para-hydroxylation sites is 1. The number of nitrogens with one attached hydrogen (secondary N) is 2. The van der Waals surface area contributed by atoms with E-state index in [1.165, 1.54) is 0 Å². The third kappa shape index (κ3) is 2.33. The molecular formula is C12H13N3O3. The number of fused-ring (bicyclic) bond motifs is 1. The van der Waals surface area contributed by atoms with Gasteiger partial charge in [0.25, 0.3) is 5.91 Å². The number of amides is 2. The molecule has 2 rings (SSSR count). The molecule has 1 unspecified atom stereocenters. The zero-order chi connectivity index (χ0) is 13.1. The van der Waals surface area contributed by atoms with Crippen molar-refractivity contribution in [3.63, 3.8) is 0 Å². The van der Waals surface area contributed by atoms with Gasteiger partial charge in [-0.25, -0.2) is 0 Å². The Kier molecular flexibility index (Phi) is 3.29. The fourth-order valence-corrected chi connectivity index (χ4v) is 1.64. The number of rotatable bonds is 4. The molecule has 5 N–H and O–H groups in total. The fourth-order valence-electron chi connectivity index (χ4n) is 1.64. The molecular weight excluding hydrogens is 234 g/mol. The summed E-state index contributed by atoms with van der Waals surface area (Å²) in [7, 11) is 0. The lowest BCUT2D eigenvalue weighted by Crippen LogP contribution is -2.39. The number of aromatic amines is 1. The van der Waals surface area contributed by atoms with E-state index in [0.29, 0.717) is 5.56 Å². The number of carbonyl (C=O) groups is 2. The molecule has 0 saturated carbocycles. The van der Waals surface area contributed by atoms with Crippen molar-refractivity contribution < 1.29 is 14.7 Å². The van der Waals surface area contributed by atoms with Crippen molar-refractivity contribution in [3.05, 3.63) is 36.0 Å². The van der Waals surface area contributed by atoms with Crippen LogP contribution in [0.25, 0.3) is 10.9 Å². The number of hydrogen-bond acceptors (Lipinski definition) is 3. The van der Waals surface area contributed by atoms with Crippen LogP contribution in [0.4, 0.5) is 0 Å². The fraction of sp³-hybridized carbons (Fsp3) is 0.167. The van der Waals surface area contributed by atoms with Gasteiger partial charge in [-0.15, -0.1) is 0 Å². The lowest BCUT2D eigenvalue weighted by atomic mass is 10.1. The predicted octanol–water partition coefficient (Wildman–Crippen LogP) is -0.256. The topological polar surface area (TPSA) is 108 Å². The van der Waals surface area contributed by atoms with E-state index in [1.807, 2.05) is 24.3 Å². The first-order chi connectivity index (χ1) is 8.59. The highest BCUT2D eigenvalue weighted by atomic mass is 16.3. The van der Waals surface area contributed by atoms with Gasteiger partial charge in [-0.1, -0.05) is 18.2 Å². The number of hydrogen-bond donors (Lipinski definition) is 4. The number of benzene rings is 1. The summed E-state index contributed by atoms with van der Waals surface area (Å²) in [4.78, 5) is 25.4. The lowest BCUT2D eigenvalue weighted by Gasteiger charge is -2.07. The second-order valence-electron chi connectivity index (χ2n) is 3.88. The van der Waals surface area contributed by atoms with E-state index in [0.717, 1.165) is 10.9 Å². The van der Waals surface area contributed by atoms with Crippen molar-refractivity contribution in [2.75, 3.05) is 6.54 Å². The maximum Gasteiger partial charge on any atom is 0.253 e. The van der Waals surface area contributed by atoms with Crippen molar-refractivity contribution >= 4 is 22.7 Å². The molecule has 94 valence electrons. The minimum absolute atomic E-state index is 0.201. The van der Waals surface area contributed by atoms with Crippen LogP contribution in [0.3, 0.4) is 0 Å². The Morgan fingerprint density at radius 1 is 1.39 bits per heavy atom. The summed E-state index contributed by atoms with van der Waals surface area (Å²) in [6.07, 6.45) is 0.204. The van der Waals surface area contributed by atoms with Crippen molar-refractivity contribution in [2.24, 2.45) is 5.73 Å². The highest BCUT2D eigenvalue weighted by molar-refractivity contribution is 6.06. The number of aliphatic hydroxyl groups is 1. The Labute approximate surface area is 103 Å². The van der Waals surface area contributed by atoms with Gasteiger partial charge in [0, 0.05) is 17.1 Å². The SMILES string of the molecule is NC(=O)C(O)CNC(=O)c1c[nH]c2ccccc12. The average Bonchev–Trinajstić information content (AvgIpc) is 2.79. The van der Waals surface area contributed by atoms with Crippen LogP contribution in [0.5, 0.6) is 0 Å². The van der Waals surface area contributed by atoms with Gasteiger partial charge in [0.15, 0.2) is 0 Å². The summed E-state index contributed by atoms with van der Waals surface area (Å²) < 4.78 is 0. The summed E-state index contributed by atoms with van der Waals surface area (Å²) in [5.74, 6) is -1.23. The van der Waals surface area contributed by atoms with Gasteiger partial charge in [-0.2, -0.15) is 0 Å². The molecule has 0 aliphatic heterocycles. The molecule has 6 nitrogen and oxygen atoms in total. The minimum Gasteiger partial charge on any atom is -0.381 e. The Hall–Kier alpha value is -2.34. The van der Waals surface area contributed by atoms with E-state index >= 15 is 0 Å². The molecule has 0 fully saturated rings. The van der Waals surface area contributed by atoms with E-state index in [-0.39, 0.29) is 12.5 Å². The normalized spacial score (nSPS) is 12.3. The van der Waals surface area contributed by atoms with Gasteiger partial charge < -0.3 is 21.1 Å². The molecule has 0 radical (unpaired) electrons. The molecule has 2 amide bonds. The van der Waals surface area contributed by atoms with Crippen LogP contribution in [0.1, 0.15) is 10.4 Å². The van der Waals surface area contributed by atoms with E-state index in [4.69, 9.17) is 5.73 Å². The van der Waals surface area contributed by atoms with Gasteiger partial charge >= 0.3 is 0 Å².